The van der Waals surface area contributed by atoms with Crippen LogP contribution in [-0.4, -0.2) is 4.98 Å². The number of aromatic nitrogens is 1. The lowest BCUT2D eigenvalue weighted by atomic mass is 10.1. The molecule has 0 bridgehead atoms. The molecule has 16 heavy (non-hydrogen) atoms. The van der Waals surface area contributed by atoms with Crippen LogP contribution in [0.1, 0.15) is 5.76 Å². The van der Waals surface area contributed by atoms with Gasteiger partial charge in [-0.3, -0.25) is 0 Å². The maximum absolute atomic E-state index is 5.22. The molecule has 0 saturated heterocycles. The third-order valence-corrected chi connectivity index (χ3v) is 2.24. The summed E-state index contributed by atoms with van der Waals surface area (Å²) in [6.45, 7) is 1.90. The zero-order chi connectivity index (χ0) is 11.2. The molecule has 0 aliphatic rings. The Morgan fingerprint density at radius 3 is 2.44 bits per heavy atom. The van der Waals surface area contributed by atoms with Gasteiger partial charge in [0, 0.05) is 6.20 Å². The average molecular weight is 211 g/mol. The molecule has 1 aromatic carbocycles. The minimum Gasteiger partial charge on any atom is -0.450 e. The van der Waals surface area contributed by atoms with Crippen LogP contribution < -0.4 is 0 Å². The van der Waals surface area contributed by atoms with Gasteiger partial charge in [0.2, 0.25) is 0 Å². The van der Waals surface area contributed by atoms with E-state index in [1.165, 1.54) is 12.0 Å². The summed E-state index contributed by atoms with van der Waals surface area (Å²) in [5.74, 6) is 0.820. The van der Waals surface area contributed by atoms with Crippen molar-refractivity contribution >= 4 is 0 Å². The normalized spacial score (nSPS) is 9.56. The molecule has 0 aliphatic carbocycles. The lowest BCUT2D eigenvalue weighted by molar-refractivity contribution is 0.504. The second kappa shape index (κ2) is 5.12. The predicted octanol–water partition coefficient (Wildman–Crippen LogP) is 3.77. The summed E-state index contributed by atoms with van der Waals surface area (Å²) in [6, 6.07) is 16.1. The van der Waals surface area contributed by atoms with Gasteiger partial charge in [0.1, 0.15) is 5.76 Å². The molecule has 2 aromatic rings. The van der Waals surface area contributed by atoms with Crippen molar-refractivity contribution in [1.82, 2.24) is 4.98 Å². The highest BCUT2D eigenvalue weighted by atomic mass is 16.3. The maximum atomic E-state index is 5.22. The number of benzene rings is 1. The maximum Gasteiger partial charge on any atom is 0.180 e. The SMILES string of the molecule is Cc1ccc(-c2ccccc2)ccnco1. The Bertz CT molecular complexity index is 501. The third-order valence-electron chi connectivity index (χ3n) is 2.24. The van der Waals surface area contributed by atoms with E-state index in [0.717, 1.165) is 11.3 Å². The molecular formula is C14H13NO. The van der Waals surface area contributed by atoms with Gasteiger partial charge in [0.05, 0.1) is 0 Å². The van der Waals surface area contributed by atoms with Gasteiger partial charge in [0.25, 0.3) is 0 Å². The average Bonchev–Trinajstić information content (AvgIpc) is 2.43. The summed E-state index contributed by atoms with van der Waals surface area (Å²) in [7, 11) is 0. The number of rotatable bonds is 1. The topological polar surface area (TPSA) is 26.0 Å². The van der Waals surface area contributed by atoms with Crippen LogP contribution in [0.4, 0.5) is 0 Å². The van der Waals surface area contributed by atoms with E-state index in [9.17, 15) is 0 Å². The van der Waals surface area contributed by atoms with Crippen LogP contribution in [-0.2, 0) is 0 Å². The number of aryl methyl sites for hydroxylation is 1. The summed E-state index contributed by atoms with van der Waals surface area (Å²) >= 11 is 0. The van der Waals surface area contributed by atoms with Crippen LogP contribution in [0.5, 0.6) is 0 Å². The Hall–Kier alpha value is -2.09. The first-order valence-electron chi connectivity index (χ1n) is 5.15. The third kappa shape index (κ3) is 2.70. The molecule has 0 unspecified atom stereocenters. The fourth-order valence-corrected chi connectivity index (χ4v) is 1.40. The van der Waals surface area contributed by atoms with Crippen molar-refractivity contribution in [2.75, 3.05) is 0 Å². The van der Waals surface area contributed by atoms with E-state index in [2.05, 4.69) is 17.1 Å². The van der Waals surface area contributed by atoms with Gasteiger partial charge in [-0.05, 0) is 30.2 Å². The quantitative estimate of drug-likeness (QED) is 0.717. The van der Waals surface area contributed by atoms with Crippen LogP contribution in [0.15, 0.2) is 65.5 Å². The van der Waals surface area contributed by atoms with Crippen LogP contribution >= 0.6 is 0 Å². The second-order valence-corrected chi connectivity index (χ2v) is 3.45. The highest BCUT2D eigenvalue weighted by Crippen LogP contribution is 2.16. The molecule has 1 heterocycles. The number of hydrogen-bond donors (Lipinski definition) is 0. The smallest absolute Gasteiger partial charge is 0.180 e. The van der Waals surface area contributed by atoms with Crippen LogP contribution in [0, 0.1) is 6.92 Å². The first kappa shape index (κ1) is 10.4. The van der Waals surface area contributed by atoms with Crippen LogP contribution in [0.3, 0.4) is 0 Å². The van der Waals surface area contributed by atoms with Crippen LogP contribution in [0.2, 0.25) is 0 Å². The molecule has 0 saturated carbocycles. The van der Waals surface area contributed by atoms with E-state index in [0.29, 0.717) is 0 Å². The van der Waals surface area contributed by atoms with Gasteiger partial charge >= 0.3 is 0 Å². The summed E-state index contributed by atoms with van der Waals surface area (Å²) in [5, 5.41) is 0. The molecule has 0 amide bonds. The van der Waals surface area contributed by atoms with Crippen molar-refractivity contribution in [3.8, 4) is 11.1 Å². The van der Waals surface area contributed by atoms with Gasteiger partial charge in [0.15, 0.2) is 6.39 Å². The van der Waals surface area contributed by atoms with E-state index in [1.54, 1.807) is 6.20 Å². The Morgan fingerprint density at radius 2 is 1.62 bits per heavy atom. The highest BCUT2D eigenvalue weighted by Gasteiger charge is 1.92. The summed E-state index contributed by atoms with van der Waals surface area (Å²) in [5.41, 5.74) is 2.28. The minimum absolute atomic E-state index is 0.820. The van der Waals surface area contributed by atoms with E-state index in [4.69, 9.17) is 4.42 Å². The molecule has 80 valence electrons. The van der Waals surface area contributed by atoms with E-state index in [-0.39, 0.29) is 0 Å². The lowest BCUT2D eigenvalue weighted by Crippen LogP contribution is -1.72. The van der Waals surface area contributed by atoms with E-state index >= 15 is 0 Å². The van der Waals surface area contributed by atoms with E-state index < -0.39 is 0 Å². The molecule has 0 N–H and O–H groups in total. The summed E-state index contributed by atoms with van der Waals surface area (Å²) < 4.78 is 5.22. The van der Waals surface area contributed by atoms with E-state index in [1.807, 2.05) is 43.3 Å². The summed E-state index contributed by atoms with van der Waals surface area (Å²) in [6.07, 6.45) is 3.16. The summed E-state index contributed by atoms with van der Waals surface area (Å²) in [4.78, 5) is 4.01. The molecule has 2 nitrogen and oxygen atoms in total. The van der Waals surface area contributed by atoms with Crippen LogP contribution in [0.25, 0.3) is 11.1 Å². The first-order valence-corrected chi connectivity index (χ1v) is 5.15. The monoisotopic (exact) mass is 211 g/mol. The largest absolute Gasteiger partial charge is 0.450 e. The molecule has 0 fully saturated rings. The van der Waals surface area contributed by atoms with Gasteiger partial charge in [-0.1, -0.05) is 36.4 Å². The van der Waals surface area contributed by atoms with Gasteiger partial charge < -0.3 is 4.42 Å². The molecule has 0 atom stereocenters. The zero-order valence-electron chi connectivity index (χ0n) is 9.13. The Labute approximate surface area is 94.9 Å². The van der Waals surface area contributed by atoms with Crippen molar-refractivity contribution in [3.63, 3.8) is 0 Å². The van der Waals surface area contributed by atoms with Crippen molar-refractivity contribution in [1.29, 1.82) is 0 Å². The first-order chi connectivity index (χ1) is 7.86. The molecule has 0 aliphatic heterocycles. The fourth-order valence-electron chi connectivity index (χ4n) is 1.40. The Balaban J connectivity index is 2.55. The predicted molar refractivity (Wildman–Crippen MR) is 64.3 cm³/mol. The van der Waals surface area contributed by atoms with Crippen molar-refractivity contribution < 1.29 is 4.42 Å². The molecule has 0 radical (unpaired) electrons. The fraction of sp³-hybridized carbons (Fsp3) is 0.0714. The molecule has 2 rings (SSSR count). The second-order valence-electron chi connectivity index (χ2n) is 3.45. The van der Waals surface area contributed by atoms with Crippen molar-refractivity contribution in [2.24, 2.45) is 0 Å². The van der Waals surface area contributed by atoms with Gasteiger partial charge in [-0.25, -0.2) is 4.98 Å². The van der Waals surface area contributed by atoms with Crippen molar-refractivity contribution in [3.05, 3.63) is 66.9 Å². The number of nitrogens with zero attached hydrogens (tertiary/aromatic N) is 1. The van der Waals surface area contributed by atoms with Crippen molar-refractivity contribution in [2.45, 2.75) is 6.92 Å². The van der Waals surface area contributed by atoms with Gasteiger partial charge in [-0.2, -0.15) is 0 Å². The lowest BCUT2D eigenvalue weighted by Gasteiger charge is -1.96. The Morgan fingerprint density at radius 1 is 0.875 bits per heavy atom. The highest BCUT2D eigenvalue weighted by molar-refractivity contribution is 5.62. The number of hydrogen-bond acceptors (Lipinski definition) is 2. The van der Waals surface area contributed by atoms with Gasteiger partial charge in [-0.15, -0.1) is 0 Å². The zero-order valence-corrected chi connectivity index (χ0v) is 9.13. The molecule has 0 spiro atoms. The Kier molecular flexibility index (Phi) is 3.34. The minimum atomic E-state index is 0.820. The molecule has 2 heteroatoms. The molecular weight excluding hydrogens is 198 g/mol. The molecule has 1 aromatic heterocycles. The standard InChI is InChI=1S/C14H13NO/c1-12-7-8-14(9-10-15-11-16-12)13-5-3-2-4-6-13/h2-11H,1H3.